The van der Waals surface area contributed by atoms with Gasteiger partial charge in [-0.15, -0.1) is 0 Å². The molecule has 4 heteroatoms. The Morgan fingerprint density at radius 3 is 2.58 bits per heavy atom. The summed E-state index contributed by atoms with van der Waals surface area (Å²) in [5.74, 6) is 0. The van der Waals surface area contributed by atoms with E-state index in [-0.39, 0.29) is 11.1 Å². The highest BCUT2D eigenvalue weighted by Gasteiger charge is 2.14. The number of nitrogens with zero attached hydrogens (tertiary/aromatic N) is 1. The van der Waals surface area contributed by atoms with Crippen molar-refractivity contribution < 1.29 is 0 Å². The highest BCUT2D eigenvalue weighted by molar-refractivity contribution is 5.04. The Balaban J connectivity index is 2.90. The van der Waals surface area contributed by atoms with Gasteiger partial charge in [-0.3, -0.25) is 14.6 Å². The van der Waals surface area contributed by atoms with Crippen molar-refractivity contribution in [1.29, 1.82) is 0 Å². The molecule has 3 N–H and O–H groups in total. The minimum Gasteiger partial charge on any atom is -0.325 e. The number of nitrogens with two attached hydrogens (primary N) is 1. The lowest BCUT2D eigenvalue weighted by atomic mass is 10.0. The first-order chi connectivity index (χ1) is 5.38. The SMILES string of the molecule is Cn1[nH]c(=O)cc1CC(C)(C)N. The molecule has 1 rings (SSSR count). The molecule has 4 nitrogen and oxygen atoms in total. The van der Waals surface area contributed by atoms with E-state index in [0.717, 1.165) is 5.69 Å². The van der Waals surface area contributed by atoms with Gasteiger partial charge in [0.05, 0.1) is 0 Å². The van der Waals surface area contributed by atoms with Crippen LogP contribution in [0.15, 0.2) is 10.9 Å². The first-order valence-electron chi connectivity index (χ1n) is 3.92. The summed E-state index contributed by atoms with van der Waals surface area (Å²) >= 11 is 0. The van der Waals surface area contributed by atoms with Gasteiger partial charge in [-0.1, -0.05) is 0 Å². The fourth-order valence-electron chi connectivity index (χ4n) is 1.15. The van der Waals surface area contributed by atoms with E-state index in [4.69, 9.17) is 5.73 Å². The smallest absolute Gasteiger partial charge is 0.264 e. The van der Waals surface area contributed by atoms with Crippen LogP contribution in [0.5, 0.6) is 0 Å². The Bertz CT molecular complexity index is 316. The van der Waals surface area contributed by atoms with Gasteiger partial charge in [0.2, 0.25) is 0 Å². The fourth-order valence-corrected chi connectivity index (χ4v) is 1.15. The first-order valence-corrected chi connectivity index (χ1v) is 3.92. The third kappa shape index (κ3) is 2.23. The monoisotopic (exact) mass is 169 g/mol. The van der Waals surface area contributed by atoms with E-state index in [2.05, 4.69) is 5.10 Å². The lowest BCUT2D eigenvalue weighted by Crippen LogP contribution is -2.35. The summed E-state index contributed by atoms with van der Waals surface area (Å²) in [7, 11) is 1.81. The van der Waals surface area contributed by atoms with Crippen LogP contribution in [0.4, 0.5) is 0 Å². The number of hydrogen-bond donors (Lipinski definition) is 2. The first kappa shape index (κ1) is 9.06. The third-order valence-electron chi connectivity index (χ3n) is 1.64. The van der Waals surface area contributed by atoms with Gasteiger partial charge in [0.15, 0.2) is 0 Å². The molecular formula is C8H15N3O. The van der Waals surface area contributed by atoms with Gasteiger partial charge in [-0.25, -0.2) is 0 Å². The summed E-state index contributed by atoms with van der Waals surface area (Å²) in [5.41, 5.74) is 6.41. The summed E-state index contributed by atoms with van der Waals surface area (Å²) in [4.78, 5) is 10.9. The fraction of sp³-hybridized carbons (Fsp3) is 0.625. The molecule has 1 aromatic heterocycles. The van der Waals surface area contributed by atoms with E-state index < -0.39 is 0 Å². The van der Waals surface area contributed by atoms with E-state index in [1.54, 1.807) is 10.7 Å². The molecule has 0 aliphatic rings. The normalized spacial score (nSPS) is 12.0. The standard InChI is InChI=1S/C8H15N3O/c1-8(2,9)5-6-4-7(12)10-11(6)3/h4H,5,9H2,1-3H3,(H,10,12). The Labute approximate surface area is 71.4 Å². The van der Waals surface area contributed by atoms with E-state index in [1.807, 2.05) is 20.9 Å². The average Bonchev–Trinajstić information content (AvgIpc) is 2.06. The molecular weight excluding hydrogens is 154 g/mol. The Morgan fingerprint density at radius 1 is 1.67 bits per heavy atom. The summed E-state index contributed by atoms with van der Waals surface area (Å²) in [6.07, 6.45) is 0.697. The minimum atomic E-state index is -0.271. The maximum atomic E-state index is 10.9. The molecule has 12 heavy (non-hydrogen) atoms. The van der Waals surface area contributed by atoms with Gasteiger partial charge in [-0.2, -0.15) is 0 Å². The molecule has 1 heterocycles. The lowest BCUT2D eigenvalue weighted by molar-refractivity contribution is 0.495. The van der Waals surface area contributed by atoms with E-state index in [0.29, 0.717) is 6.42 Å². The summed E-state index contributed by atoms with van der Waals surface area (Å²) in [5, 5.41) is 2.64. The van der Waals surface area contributed by atoms with E-state index >= 15 is 0 Å². The van der Waals surface area contributed by atoms with Crippen molar-refractivity contribution in [1.82, 2.24) is 9.78 Å². The number of hydrogen-bond acceptors (Lipinski definition) is 2. The van der Waals surface area contributed by atoms with Crippen molar-refractivity contribution in [3.8, 4) is 0 Å². The molecule has 0 aliphatic heterocycles. The van der Waals surface area contributed by atoms with Gasteiger partial charge in [-0.05, 0) is 13.8 Å². The van der Waals surface area contributed by atoms with Gasteiger partial charge < -0.3 is 5.73 Å². The van der Waals surface area contributed by atoms with Crippen molar-refractivity contribution in [3.05, 3.63) is 22.1 Å². The van der Waals surface area contributed by atoms with Crippen LogP contribution in [0.2, 0.25) is 0 Å². The summed E-state index contributed by atoms with van der Waals surface area (Å²) in [6, 6.07) is 1.58. The number of aryl methyl sites for hydroxylation is 1. The number of H-pyrrole nitrogens is 1. The highest BCUT2D eigenvalue weighted by atomic mass is 16.1. The Hall–Kier alpha value is -1.03. The largest absolute Gasteiger partial charge is 0.325 e. The zero-order valence-corrected chi connectivity index (χ0v) is 7.72. The summed E-state index contributed by atoms with van der Waals surface area (Å²) < 4.78 is 1.71. The molecule has 0 saturated carbocycles. The quantitative estimate of drug-likeness (QED) is 0.654. The minimum absolute atomic E-state index is 0.0725. The number of nitrogens with one attached hydrogen (secondary N) is 1. The molecule has 0 aromatic carbocycles. The van der Waals surface area contributed by atoms with Crippen LogP contribution in [-0.4, -0.2) is 15.3 Å². The molecule has 0 bridgehead atoms. The second-order valence-electron chi connectivity index (χ2n) is 3.84. The molecule has 0 atom stereocenters. The predicted molar refractivity (Wildman–Crippen MR) is 48.0 cm³/mol. The Morgan fingerprint density at radius 2 is 2.25 bits per heavy atom. The molecule has 0 spiro atoms. The van der Waals surface area contributed by atoms with Crippen molar-refractivity contribution in [3.63, 3.8) is 0 Å². The number of aromatic nitrogens is 2. The number of rotatable bonds is 2. The van der Waals surface area contributed by atoms with Gasteiger partial charge in [0.25, 0.3) is 5.56 Å². The third-order valence-corrected chi connectivity index (χ3v) is 1.64. The molecule has 0 saturated heterocycles. The van der Waals surface area contributed by atoms with E-state index in [1.165, 1.54) is 0 Å². The van der Waals surface area contributed by atoms with Crippen LogP contribution in [-0.2, 0) is 13.5 Å². The van der Waals surface area contributed by atoms with E-state index in [9.17, 15) is 4.79 Å². The maximum absolute atomic E-state index is 10.9. The van der Waals surface area contributed by atoms with Crippen LogP contribution >= 0.6 is 0 Å². The van der Waals surface area contributed by atoms with Gasteiger partial charge in [0.1, 0.15) is 0 Å². The van der Waals surface area contributed by atoms with Gasteiger partial charge in [0, 0.05) is 30.8 Å². The zero-order valence-electron chi connectivity index (χ0n) is 7.72. The summed E-state index contributed by atoms with van der Waals surface area (Å²) in [6.45, 7) is 3.87. The zero-order chi connectivity index (χ0) is 9.35. The average molecular weight is 169 g/mol. The molecule has 0 fully saturated rings. The van der Waals surface area contributed by atoms with Gasteiger partial charge >= 0.3 is 0 Å². The second-order valence-corrected chi connectivity index (χ2v) is 3.84. The van der Waals surface area contributed by atoms with Crippen molar-refractivity contribution >= 4 is 0 Å². The molecule has 68 valence electrons. The van der Waals surface area contributed by atoms with Crippen LogP contribution in [0.25, 0.3) is 0 Å². The highest BCUT2D eigenvalue weighted by Crippen LogP contribution is 2.06. The molecule has 0 radical (unpaired) electrons. The second kappa shape index (κ2) is 2.79. The lowest BCUT2D eigenvalue weighted by Gasteiger charge is -2.17. The van der Waals surface area contributed by atoms with Crippen molar-refractivity contribution in [2.75, 3.05) is 0 Å². The van der Waals surface area contributed by atoms with Crippen LogP contribution in [0, 0.1) is 0 Å². The number of aromatic amines is 1. The maximum Gasteiger partial charge on any atom is 0.264 e. The van der Waals surface area contributed by atoms with Crippen LogP contribution in [0.3, 0.4) is 0 Å². The molecule has 0 amide bonds. The Kier molecular flexibility index (Phi) is 2.10. The molecule has 1 aromatic rings. The molecule has 0 unspecified atom stereocenters. The van der Waals surface area contributed by atoms with Crippen LogP contribution < -0.4 is 11.3 Å². The molecule has 0 aliphatic carbocycles. The van der Waals surface area contributed by atoms with Crippen molar-refractivity contribution in [2.45, 2.75) is 25.8 Å². The van der Waals surface area contributed by atoms with Crippen LogP contribution in [0.1, 0.15) is 19.5 Å². The predicted octanol–water partition coefficient (Wildman–Crippen LogP) is -0.00680. The van der Waals surface area contributed by atoms with Crippen molar-refractivity contribution in [2.24, 2.45) is 12.8 Å². The topological polar surface area (TPSA) is 63.8 Å².